The molecule has 1 atom stereocenters. The number of nitrogens with one attached hydrogen (secondary N) is 1. The van der Waals surface area contributed by atoms with Crippen LogP contribution in [0.4, 0.5) is 0 Å². The maximum absolute atomic E-state index is 5.90. The highest BCUT2D eigenvalue weighted by Gasteiger charge is 2.26. The van der Waals surface area contributed by atoms with Crippen molar-refractivity contribution in [2.75, 3.05) is 6.54 Å². The predicted octanol–water partition coefficient (Wildman–Crippen LogP) is 5.13. The Balaban J connectivity index is 1.80. The van der Waals surface area contributed by atoms with Crippen molar-refractivity contribution in [3.63, 3.8) is 0 Å². The lowest BCUT2D eigenvalue weighted by molar-refractivity contribution is 0.320. The van der Waals surface area contributed by atoms with Gasteiger partial charge in [-0.2, -0.15) is 0 Å². The van der Waals surface area contributed by atoms with Gasteiger partial charge in [0.1, 0.15) is 11.5 Å². The number of halogens is 1. The van der Waals surface area contributed by atoms with Gasteiger partial charge in [0.15, 0.2) is 0 Å². The summed E-state index contributed by atoms with van der Waals surface area (Å²) < 4.78 is 5.79. The lowest BCUT2D eigenvalue weighted by Gasteiger charge is -2.26. The van der Waals surface area contributed by atoms with E-state index < -0.39 is 0 Å². The molecule has 3 heteroatoms. The Labute approximate surface area is 138 Å². The Morgan fingerprint density at radius 1 is 1.14 bits per heavy atom. The number of aryl methyl sites for hydroxylation is 1. The fourth-order valence-corrected chi connectivity index (χ4v) is 2.98. The van der Waals surface area contributed by atoms with Gasteiger partial charge in [0.2, 0.25) is 0 Å². The second-order valence-corrected chi connectivity index (χ2v) is 7.17. The van der Waals surface area contributed by atoms with Crippen LogP contribution in [-0.2, 0) is 11.8 Å². The summed E-state index contributed by atoms with van der Waals surface area (Å²) in [5.41, 5.74) is 1.35. The van der Waals surface area contributed by atoms with Gasteiger partial charge in [-0.25, -0.2) is 0 Å². The van der Waals surface area contributed by atoms with Crippen LogP contribution in [0.25, 0.3) is 0 Å². The molecule has 1 aromatic carbocycles. The van der Waals surface area contributed by atoms with Crippen molar-refractivity contribution < 1.29 is 4.42 Å². The summed E-state index contributed by atoms with van der Waals surface area (Å²) in [5.74, 6) is 2.04. The van der Waals surface area contributed by atoms with Crippen LogP contribution in [0.2, 0.25) is 5.02 Å². The number of rotatable bonds is 7. The molecule has 0 radical (unpaired) electrons. The maximum atomic E-state index is 5.90. The van der Waals surface area contributed by atoms with E-state index in [1.807, 2.05) is 25.1 Å². The monoisotopic (exact) mass is 319 g/mol. The third-order valence-corrected chi connectivity index (χ3v) is 4.30. The van der Waals surface area contributed by atoms with Gasteiger partial charge in [-0.05, 0) is 63.1 Å². The summed E-state index contributed by atoms with van der Waals surface area (Å²) in [6.45, 7) is 9.67. The lowest BCUT2D eigenvalue weighted by atomic mass is 9.83. The molecule has 2 rings (SSSR count). The van der Waals surface area contributed by atoms with Gasteiger partial charge in [-0.3, -0.25) is 0 Å². The van der Waals surface area contributed by atoms with E-state index in [9.17, 15) is 0 Å². The van der Waals surface area contributed by atoms with Crippen LogP contribution in [0.3, 0.4) is 0 Å². The van der Waals surface area contributed by atoms with E-state index >= 15 is 0 Å². The molecule has 0 aliphatic rings. The highest BCUT2D eigenvalue weighted by molar-refractivity contribution is 6.30. The lowest BCUT2D eigenvalue weighted by Crippen LogP contribution is -2.34. The molecule has 120 valence electrons. The minimum absolute atomic E-state index is 0.0426. The Morgan fingerprint density at radius 3 is 2.41 bits per heavy atom. The quantitative estimate of drug-likeness (QED) is 0.765. The van der Waals surface area contributed by atoms with E-state index in [1.54, 1.807) is 0 Å². The zero-order valence-corrected chi connectivity index (χ0v) is 14.7. The first-order valence-electron chi connectivity index (χ1n) is 7.91. The molecule has 0 aliphatic heterocycles. The van der Waals surface area contributed by atoms with Crippen molar-refractivity contribution >= 4 is 11.6 Å². The molecule has 0 unspecified atom stereocenters. The van der Waals surface area contributed by atoms with Gasteiger partial charge in [0.05, 0.1) is 0 Å². The van der Waals surface area contributed by atoms with Gasteiger partial charge < -0.3 is 9.73 Å². The molecule has 0 saturated carbocycles. The fraction of sp³-hybridized carbons (Fsp3) is 0.474. The van der Waals surface area contributed by atoms with Crippen LogP contribution in [0.5, 0.6) is 0 Å². The van der Waals surface area contributed by atoms with Crippen molar-refractivity contribution in [1.29, 1.82) is 0 Å². The van der Waals surface area contributed by atoms with E-state index in [2.05, 4.69) is 44.3 Å². The van der Waals surface area contributed by atoms with Crippen LogP contribution in [0.15, 0.2) is 40.8 Å². The van der Waals surface area contributed by atoms with Gasteiger partial charge in [0, 0.05) is 16.5 Å². The minimum atomic E-state index is 0.0426. The van der Waals surface area contributed by atoms with E-state index in [4.69, 9.17) is 16.0 Å². The maximum Gasteiger partial charge on any atom is 0.109 e. The van der Waals surface area contributed by atoms with Gasteiger partial charge >= 0.3 is 0 Å². The smallest absolute Gasteiger partial charge is 0.109 e. The normalized spacial score (nSPS) is 13.3. The van der Waals surface area contributed by atoms with Crippen LogP contribution in [-0.4, -0.2) is 12.6 Å². The molecule has 0 spiro atoms. The van der Waals surface area contributed by atoms with E-state index in [0.29, 0.717) is 6.04 Å². The van der Waals surface area contributed by atoms with Crippen LogP contribution in [0.1, 0.15) is 44.3 Å². The summed E-state index contributed by atoms with van der Waals surface area (Å²) in [5, 5.41) is 4.40. The average Bonchev–Trinajstić information content (AvgIpc) is 2.88. The number of furan rings is 1. The number of benzene rings is 1. The molecule has 0 amide bonds. The molecule has 2 aromatic rings. The van der Waals surface area contributed by atoms with Crippen molar-refractivity contribution in [2.24, 2.45) is 0 Å². The van der Waals surface area contributed by atoms with Crippen LogP contribution in [0, 0.1) is 6.92 Å². The van der Waals surface area contributed by atoms with Gasteiger partial charge in [-0.15, -0.1) is 0 Å². The van der Waals surface area contributed by atoms with Crippen molar-refractivity contribution in [2.45, 2.75) is 52.0 Å². The molecule has 1 N–H and O–H groups in total. The Hall–Kier alpha value is -1.25. The third kappa shape index (κ3) is 4.89. The summed E-state index contributed by atoms with van der Waals surface area (Å²) >= 11 is 5.90. The van der Waals surface area contributed by atoms with E-state index in [-0.39, 0.29) is 5.41 Å². The predicted molar refractivity (Wildman–Crippen MR) is 93.7 cm³/mol. The molecule has 1 heterocycles. The highest BCUT2D eigenvalue weighted by atomic mass is 35.5. The van der Waals surface area contributed by atoms with Crippen molar-refractivity contribution in [3.05, 3.63) is 58.5 Å². The molecular formula is C19H26ClNO. The number of hydrogen-bond donors (Lipinski definition) is 1. The molecule has 0 aliphatic carbocycles. The summed E-state index contributed by atoms with van der Waals surface area (Å²) in [6.07, 6.45) is 2.06. The molecule has 0 fully saturated rings. The third-order valence-electron chi connectivity index (χ3n) is 4.04. The first kappa shape index (κ1) is 17.1. The fourth-order valence-electron chi connectivity index (χ4n) is 2.85. The minimum Gasteiger partial charge on any atom is -0.466 e. The second-order valence-electron chi connectivity index (χ2n) is 6.73. The molecule has 2 nitrogen and oxygen atoms in total. The summed E-state index contributed by atoms with van der Waals surface area (Å²) in [7, 11) is 0. The molecule has 1 aromatic heterocycles. The Kier molecular flexibility index (Phi) is 5.71. The topological polar surface area (TPSA) is 25.2 Å². The second kappa shape index (κ2) is 7.34. The standard InChI is InChI=1S/C19H26ClNO/c1-14(13-19(3,4)18-10-5-15(2)22-18)21-12-11-16-6-8-17(20)9-7-16/h5-10,14,21H,11-13H2,1-4H3/t14-/m0/s1. The number of hydrogen-bond acceptors (Lipinski definition) is 2. The average molecular weight is 320 g/mol. The van der Waals surface area contributed by atoms with Crippen molar-refractivity contribution in [3.8, 4) is 0 Å². The molecule has 22 heavy (non-hydrogen) atoms. The zero-order chi connectivity index (χ0) is 16.2. The van der Waals surface area contributed by atoms with E-state index in [1.165, 1.54) is 5.56 Å². The first-order valence-corrected chi connectivity index (χ1v) is 8.29. The van der Waals surface area contributed by atoms with E-state index in [0.717, 1.165) is 35.9 Å². The van der Waals surface area contributed by atoms with Crippen LogP contribution < -0.4 is 5.32 Å². The highest BCUT2D eigenvalue weighted by Crippen LogP contribution is 2.29. The summed E-state index contributed by atoms with van der Waals surface area (Å²) in [6, 6.07) is 12.6. The Morgan fingerprint density at radius 2 is 1.82 bits per heavy atom. The van der Waals surface area contributed by atoms with Crippen LogP contribution >= 0.6 is 11.6 Å². The Bertz CT molecular complexity index is 586. The van der Waals surface area contributed by atoms with Crippen molar-refractivity contribution in [1.82, 2.24) is 5.32 Å². The summed E-state index contributed by atoms with van der Waals surface area (Å²) in [4.78, 5) is 0. The molecule has 0 saturated heterocycles. The SMILES string of the molecule is Cc1ccc(C(C)(C)C[C@H](C)NCCc2ccc(Cl)cc2)o1. The first-order chi connectivity index (χ1) is 10.4. The van der Waals surface area contributed by atoms with Gasteiger partial charge in [-0.1, -0.05) is 37.6 Å². The largest absolute Gasteiger partial charge is 0.466 e. The molecular weight excluding hydrogens is 294 g/mol. The molecule has 0 bridgehead atoms. The zero-order valence-electron chi connectivity index (χ0n) is 13.9. The van der Waals surface area contributed by atoms with Gasteiger partial charge in [0.25, 0.3) is 0 Å².